The zero-order valence-corrected chi connectivity index (χ0v) is 18.5. The minimum atomic E-state index is -4.65. The van der Waals surface area contributed by atoms with Crippen LogP contribution in [0.3, 0.4) is 0 Å². The summed E-state index contributed by atoms with van der Waals surface area (Å²) in [5.74, 6) is 1.41. The van der Waals surface area contributed by atoms with Gasteiger partial charge in [-0.3, -0.25) is 0 Å². The Morgan fingerprint density at radius 2 is 2.03 bits per heavy atom. The minimum Gasteiger partial charge on any atom is -0.489 e. The summed E-state index contributed by atoms with van der Waals surface area (Å²) < 4.78 is 52.8. The molecule has 0 amide bonds. The average Bonchev–Trinajstić information content (AvgIpc) is 2.91. The van der Waals surface area contributed by atoms with Gasteiger partial charge in [0.1, 0.15) is 24.6 Å². The van der Waals surface area contributed by atoms with Gasteiger partial charge >= 0.3 is 6.18 Å². The Kier molecular flexibility index (Phi) is 5.44. The second kappa shape index (κ2) is 8.18. The number of anilines is 2. The lowest BCUT2D eigenvalue weighted by molar-refractivity contribution is -0.137. The number of alkyl halides is 3. The highest BCUT2D eigenvalue weighted by Crippen LogP contribution is 2.47. The van der Waals surface area contributed by atoms with E-state index in [0.717, 1.165) is 32.2 Å². The van der Waals surface area contributed by atoms with Gasteiger partial charge in [-0.05, 0) is 31.0 Å². The number of benzene rings is 1. The monoisotopic (exact) mass is 479 g/mol. The molecule has 11 heteroatoms. The maximum Gasteiger partial charge on any atom is 0.418 e. The van der Waals surface area contributed by atoms with Crippen LogP contribution in [0.25, 0.3) is 22.2 Å². The quantitative estimate of drug-likeness (QED) is 0.590. The molecule has 0 saturated carbocycles. The van der Waals surface area contributed by atoms with Crippen molar-refractivity contribution >= 4 is 34.1 Å². The molecule has 0 aliphatic carbocycles. The van der Waals surface area contributed by atoms with Crippen LogP contribution < -0.4 is 15.4 Å². The summed E-state index contributed by atoms with van der Waals surface area (Å²) >= 11 is 6.66. The summed E-state index contributed by atoms with van der Waals surface area (Å²) in [6.45, 7) is 4.59. The fourth-order valence-electron chi connectivity index (χ4n) is 4.12. The lowest BCUT2D eigenvalue weighted by atomic mass is 10.0. The molecule has 1 saturated heterocycles. The van der Waals surface area contributed by atoms with Crippen LogP contribution in [0.5, 0.6) is 5.75 Å². The highest BCUT2D eigenvalue weighted by molar-refractivity contribution is 6.36. The molecule has 2 aliphatic heterocycles. The normalized spacial score (nSPS) is 16.5. The number of nitrogens with two attached hydrogens (primary N) is 1. The van der Waals surface area contributed by atoms with Gasteiger partial charge in [0.05, 0.1) is 46.9 Å². The number of nitrogen functional groups attached to an aromatic ring is 1. The van der Waals surface area contributed by atoms with Crippen LogP contribution in [0.4, 0.5) is 24.8 Å². The van der Waals surface area contributed by atoms with Gasteiger partial charge < -0.3 is 20.1 Å². The number of hydrogen-bond acceptors (Lipinski definition) is 7. The first kappa shape index (κ1) is 22.0. The number of nitrogens with zero attached hydrogens (tertiary/aromatic N) is 4. The maximum absolute atomic E-state index is 13.9. The Balaban J connectivity index is 1.67. The van der Waals surface area contributed by atoms with Crippen molar-refractivity contribution in [2.24, 2.45) is 5.92 Å². The average molecular weight is 480 g/mol. The first-order valence-electron chi connectivity index (χ1n) is 10.5. The van der Waals surface area contributed by atoms with Gasteiger partial charge in [-0.1, -0.05) is 11.6 Å². The van der Waals surface area contributed by atoms with Crippen molar-refractivity contribution in [1.29, 1.82) is 0 Å². The predicted molar refractivity (Wildman–Crippen MR) is 119 cm³/mol. The van der Waals surface area contributed by atoms with E-state index in [1.54, 1.807) is 0 Å². The largest absolute Gasteiger partial charge is 0.489 e. The highest BCUT2D eigenvalue weighted by atomic mass is 35.5. The van der Waals surface area contributed by atoms with Gasteiger partial charge in [0.2, 0.25) is 0 Å². The van der Waals surface area contributed by atoms with Crippen molar-refractivity contribution in [2.75, 3.05) is 43.5 Å². The van der Waals surface area contributed by atoms with E-state index < -0.39 is 11.7 Å². The fraction of sp³-hybridized carbons (Fsp3) is 0.409. The molecular weight excluding hydrogens is 459 g/mol. The summed E-state index contributed by atoms with van der Waals surface area (Å²) in [6, 6.07) is 2.47. The van der Waals surface area contributed by atoms with E-state index in [-0.39, 0.29) is 33.4 Å². The molecule has 33 heavy (non-hydrogen) atoms. The van der Waals surface area contributed by atoms with Crippen LogP contribution >= 0.6 is 11.6 Å². The molecule has 0 spiro atoms. The third kappa shape index (κ3) is 3.91. The molecule has 2 N–H and O–H groups in total. The van der Waals surface area contributed by atoms with E-state index in [0.29, 0.717) is 35.8 Å². The van der Waals surface area contributed by atoms with Crippen molar-refractivity contribution < 1.29 is 22.6 Å². The van der Waals surface area contributed by atoms with Crippen molar-refractivity contribution in [2.45, 2.75) is 19.5 Å². The molecule has 3 aromatic rings. The molecule has 4 heterocycles. The molecule has 0 unspecified atom stereocenters. The van der Waals surface area contributed by atoms with Crippen LogP contribution in [-0.2, 0) is 10.9 Å². The predicted octanol–water partition coefficient (Wildman–Crippen LogP) is 4.49. The topological polar surface area (TPSA) is 86.4 Å². The Hall–Kier alpha value is -2.85. The van der Waals surface area contributed by atoms with Gasteiger partial charge in [0.15, 0.2) is 5.75 Å². The third-order valence-corrected chi connectivity index (χ3v) is 6.41. The van der Waals surface area contributed by atoms with Gasteiger partial charge in [-0.15, -0.1) is 0 Å². The zero-order chi connectivity index (χ0) is 23.3. The molecule has 1 aromatic carbocycles. The maximum atomic E-state index is 13.9. The summed E-state index contributed by atoms with van der Waals surface area (Å²) in [7, 11) is 0. The van der Waals surface area contributed by atoms with E-state index in [1.165, 1.54) is 19.3 Å². The van der Waals surface area contributed by atoms with Crippen LogP contribution in [0.2, 0.25) is 5.02 Å². The standard InChI is InChI=1S/C22H21ClF3N5O2/c1-11-6-14(22(24,25)26)18(30-20(11)27)13-7-15-16-19(17(13)23)33-5-4-31(21(16)29-10-28-15)3-2-12-8-32-9-12/h6-7,10,12H,2-5,8-9H2,1H3,(H2,27,30). The van der Waals surface area contributed by atoms with E-state index >= 15 is 0 Å². The number of rotatable bonds is 4. The molecule has 0 bridgehead atoms. The summed E-state index contributed by atoms with van der Waals surface area (Å²) in [4.78, 5) is 14.9. The molecule has 174 valence electrons. The Labute approximate surface area is 192 Å². The Morgan fingerprint density at radius 1 is 1.24 bits per heavy atom. The van der Waals surface area contributed by atoms with Crippen LogP contribution in [-0.4, -0.2) is 47.9 Å². The zero-order valence-electron chi connectivity index (χ0n) is 17.7. The molecule has 2 aromatic heterocycles. The van der Waals surface area contributed by atoms with E-state index in [1.807, 2.05) is 0 Å². The van der Waals surface area contributed by atoms with Crippen molar-refractivity contribution in [1.82, 2.24) is 15.0 Å². The van der Waals surface area contributed by atoms with Gasteiger partial charge in [0.25, 0.3) is 0 Å². The number of aromatic nitrogens is 3. The van der Waals surface area contributed by atoms with Gasteiger partial charge in [0, 0.05) is 18.0 Å². The molecule has 1 fully saturated rings. The summed E-state index contributed by atoms with van der Waals surface area (Å²) in [6.07, 6.45) is -2.31. The van der Waals surface area contributed by atoms with Crippen molar-refractivity contribution in [3.8, 4) is 17.0 Å². The number of hydrogen-bond donors (Lipinski definition) is 1. The van der Waals surface area contributed by atoms with Gasteiger partial charge in [-0.2, -0.15) is 13.2 Å². The molecule has 5 rings (SSSR count). The van der Waals surface area contributed by atoms with Crippen LogP contribution in [0.1, 0.15) is 17.5 Å². The Bertz CT molecular complexity index is 1230. The first-order valence-corrected chi connectivity index (χ1v) is 10.9. The Morgan fingerprint density at radius 3 is 2.73 bits per heavy atom. The smallest absolute Gasteiger partial charge is 0.418 e. The van der Waals surface area contributed by atoms with Crippen molar-refractivity contribution in [3.05, 3.63) is 34.6 Å². The van der Waals surface area contributed by atoms with Crippen LogP contribution in [0, 0.1) is 12.8 Å². The second-order valence-corrected chi connectivity index (χ2v) is 8.65. The number of ether oxygens (including phenoxy) is 2. The number of aryl methyl sites for hydroxylation is 1. The molecule has 7 nitrogen and oxygen atoms in total. The van der Waals surface area contributed by atoms with Gasteiger partial charge in [-0.25, -0.2) is 15.0 Å². The third-order valence-electron chi connectivity index (χ3n) is 6.03. The number of pyridine rings is 1. The lowest BCUT2D eigenvalue weighted by Crippen LogP contribution is -2.35. The minimum absolute atomic E-state index is 0.00419. The summed E-state index contributed by atoms with van der Waals surface area (Å²) in [5, 5.41) is 0.594. The van der Waals surface area contributed by atoms with Crippen LogP contribution in [0.15, 0.2) is 18.5 Å². The van der Waals surface area contributed by atoms with Crippen molar-refractivity contribution in [3.63, 3.8) is 0 Å². The highest BCUT2D eigenvalue weighted by Gasteiger charge is 2.37. The van der Waals surface area contributed by atoms with E-state index in [9.17, 15) is 13.2 Å². The molecule has 0 radical (unpaired) electrons. The number of halogens is 4. The SMILES string of the molecule is Cc1cc(C(F)(F)F)c(-c2cc3ncnc4c3c(c2Cl)OCCN4CCC2COC2)nc1N. The molecule has 2 aliphatic rings. The van der Waals surface area contributed by atoms with E-state index in [2.05, 4.69) is 19.9 Å². The first-order chi connectivity index (χ1) is 15.7. The fourth-order valence-corrected chi connectivity index (χ4v) is 4.41. The van der Waals surface area contributed by atoms with E-state index in [4.69, 9.17) is 26.8 Å². The molecular formula is C22H21ClF3N5O2. The second-order valence-electron chi connectivity index (χ2n) is 8.27. The summed E-state index contributed by atoms with van der Waals surface area (Å²) in [5.41, 5.74) is 5.29. The molecule has 0 atom stereocenters. The lowest BCUT2D eigenvalue weighted by Gasteiger charge is -2.29.